The second-order valence-corrected chi connectivity index (χ2v) is 7.19. The molecule has 2 N–H and O–H groups in total. The molecular weight excluding hydrogens is 345 g/mol. The molecule has 2 aromatic carbocycles. The summed E-state index contributed by atoms with van der Waals surface area (Å²) in [5, 5.41) is 9.74. The molecule has 1 heterocycles. The molecule has 7 nitrogen and oxygen atoms in total. The highest BCUT2D eigenvalue weighted by Crippen LogP contribution is 2.21. The maximum atomic E-state index is 12.7. The van der Waals surface area contributed by atoms with Gasteiger partial charge in [0, 0.05) is 5.69 Å². The summed E-state index contributed by atoms with van der Waals surface area (Å²) in [6.45, 7) is 0.283. The van der Waals surface area contributed by atoms with Crippen molar-refractivity contribution < 1.29 is 27.6 Å². The number of sulfonamides is 1. The molecule has 0 saturated carbocycles. The van der Waals surface area contributed by atoms with Gasteiger partial charge in [-0.2, -0.15) is 0 Å². The Bertz CT molecular complexity index is 915. The van der Waals surface area contributed by atoms with Crippen molar-refractivity contribution >= 4 is 34.3 Å². The molecule has 2 aromatic rings. The molecule has 1 aliphatic heterocycles. The van der Waals surface area contributed by atoms with E-state index in [9.17, 15) is 18.2 Å². The number of esters is 1. The number of hydrogen-bond donors (Lipinski definition) is 2. The van der Waals surface area contributed by atoms with Gasteiger partial charge in [0.1, 0.15) is 0 Å². The minimum Gasteiger partial charge on any atom is -0.469 e. The topological polar surface area (TPSA) is 102 Å². The average molecular weight is 361 g/mol. The molecule has 130 valence electrons. The number of hydrogen-bond acceptors (Lipinski definition) is 6. The normalized spacial score (nSPS) is 13.4. The zero-order chi connectivity index (χ0) is 18.0. The van der Waals surface area contributed by atoms with Crippen molar-refractivity contribution in [2.75, 3.05) is 11.8 Å². The van der Waals surface area contributed by atoms with Crippen LogP contribution in [0, 0.1) is 0 Å². The van der Waals surface area contributed by atoms with Crippen LogP contribution in [-0.4, -0.2) is 33.6 Å². The van der Waals surface area contributed by atoms with E-state index < -0.39 is 23.1 Å². The lowest BCUT2D eigenvalue weighted by atomic mass is 9.79. The molecule has 0 saturated heterocycles. The molecule has 0 aromatic heterocycles. The van der Waals surface area contributed by atoms with Crippen LogP contribution in [0.4, 0.5) is 5.69 Å². The maximum Gasteiger partial charge on any atom is 0.491 e. The Morgan fingerprint density at radius 2 is 2.08 bits per heavy atom. The van der Waals surface area contributed by atoms with E-state index in [-0.39, 0.29) is 17.9 Å². The summed E-state index contributed by atoms with van der Waals surface area (Å²) in [7, 11) is -3.73. The summed E-state index contributed by atoms with van der Waals surface area (Å²) < 4.78 is 37.6. The van der Waals surface area contributed by atoms with Crippen LogP contribution in [0.5, 0.6) is 0 Å². The Labute approximate surface area is 145 Å². The molecule has 0 unspecified atom stereocenters. The van der Waals surface area contributed by atoms with Gasteiger partial charge in [0.25, 0.3) is 10.0 Å². The summed E-state index contributed by atoms with van der Waals surface area (Å²) in [4.78, 5) is 11.5. The van der Waals surface area contributed by atoms with Gasteiger partial charge in [0.05, 0.1) is 25.0 Å². The molecule has 0 bridgehead atoms. The summed E-state index contributed by atoms with van der Waals surface area (Å²) >= 11 is 0. The summed E-state index contributed by atoms with van der Waals surface area (Å²) in [5.74, 6) is -0.527. The van der Waals surface area contributed by atoms with Gasteiger partial charge in [-0.15, -0.1) is 0 Å². The summed E-state index contributed by atoms with van der Waals surface area (Å²) in [6, 6.07) is 11.0. The Morgan fingerprint density at radius 3 is 2.84 bits per heavy atom. The van der Waals surface area contributed by atoms with Crippen LogP contribution in [-0.2, 0) is 37.2 Å². The van der Waals surface area contributed by atoms with E-state index in [4.69, 9.17) is 4.65 Å². The van der Waals surface area contributed by atoms with Crippen molar-refractivity contribution in [1.29, 1.82) is 0 Å². The highest BCUT2D eigenvalue weighted by atomic mass is 32.2. The number of benzene rings is 2. The van der Waals surface area contributed by atoms with E-state index in [2.05, 4.69) is 9.46 Å². The van der Waals surface area contributed by atoms with Gasteiger partial charge in [-0.1, -0.05) is 24.3 Å². The number of carbonyl (C=O) groups excluding carboxylic acids is 1. The molecule has 0 amide bonds. The Kier molecular flexibility index (Phi) is 4.80. The number of fused-ring (bicyclic) bond motifs is 1. The van der Waals surface area contributed by atoms with Crippen molar-refractivity contribution in [3.63, 3.8) is 0 Å². The third kappa shape index (κ3) is 3.68. The molecule has 3 rings (SSSR count). The monoisotopic (exact) mass is 361 g/mol. The first-order chi connectivity index (χ1) is 11.9. The summed E-state index contributed by atoms with van der Waals surface area (Å²) in [6.07, 6.45) is -0.148. The molecule has 9 heteroatoms. The zero-order valence-corrected chi connectivity index (χ0v) is 14.2. The SMILES string of the molecule is COC(=O)Cc1ccccc1S(=O)(=O)Nc1ccc2c(c1)B(O)OC2. The predicted octanol–water partition coefficient (Wildman–Crippen LogP) is 0.421. The number of nitrogens with one attached hydrogen (secondary N) is 1. The van der Waals surface area contributed by atoms with E-state index in [0.29, 0.717) is 16.7 Å². The fraction of sp³-hybridized carbons (Fsp3) is 0.188. The van der Waals surface area contributed by atoms with Gasteiger partial charge in [-0.3, -0.25) is 9.52 Å². The van der Waals surface area contributed by atoms with Crippen LogP contribution in [0.1, 0.15) is 11.1 Å². The average Bonchev–Trinajstić information content (AvgIpc) is 2.95. The third-order valence-corrected chi connectivity index (χ3v) is 5.37. The van der Waals surface area contributed by atoms with Gasteiger partial charge in [0.15, 0.2) is 0 Å². The maximum absolute atomic E-state index is 12.7. The molecule has 0 spiro atoms. The van der Waals surface area contributed by atoms with Gasteiger partial charge < -0.3 is 14.4 Å². The first kappa shape index (κ1) is 17.5. The second kappa shape index (κ2) is 6.87. The van der Waals surface area contributed by atoms with E-state index in [1.165, 1.54) is 19.2 Å². The molecule has 0 atom stereocenters. The van der Waals surface area contributed by atoms with Crippen LogP contribution >= 0.6 is 0 Å². The Balaban J connectivity index is 1.91. The highest BCUT2D eigenvalue weighted by Gasteiger charge is 2.28. The lowest BCUT2D eigenvalue weighted by molar-refractivity contribution is -0.139. The van der Waals surface area contributed by atoms with Crippen molar-refractivity contribution in [2.24, 2.45) is 0 Å². The molecular formula is C16H16BNO6S. The molecule has 25 heavy (non-hydrogen) atoms. The van der Waals surface area contributed by atoms with Gasteiger partial charge in [-0.25, -0.2) is 8.42 Å². The number of methoxy groups -OCH3 is 1. The summed E-state index contributed by atoms with van der Waals surface area (Å²) in [5.41, 5.74) is 1.98. The van der Waals surface area contributed by atoms with E-state index in [0.717, 1.165) is 5.56 Å². The molecule has 0 aliphatic carbocycles. The number of rotatable bonds is 5. The fourth-order valence-corrected chi connectivity index (χ4v) is 3.92. The van der Waals surface area contributed by atoms with E-state index in [1.54, 1.807) is 30.3 Å². The third-order valence-electron chi connectivity index (χ3n) is 3.89. The Morgan fingerprint density at radius 1 is 1.32 bits per heavy atom. The van der Waals surface area contributed by atoms with Crippen LogP contribution in [0.25, 0.3) is 0 Å². The van der Waals surface area contributed by atoms with Gasteiger partial charge in [0.2, 0.25) is 0 Å². The quantitative estimate of drug-likeness (QED) is 0.591. The van der Waals surface area contributed by atoms with Crippen LogP contribution in [0.15, 0.2) is 47.4 Å². The van der Waals surface area contributed by atoms with Gasteiger partial charge in [-0.05, 0) is 34.8 Å². The largest absolute Gasteiger partial charge is 0.491 e. The smallest absolute Gasteiger partial charge is 0.469 e. The minimum absolute atomic E-state index is 0.00213. The first-order valence-electron chi connectivity index (χ1n) is 7.51. The van der Waals surface area contributed by atoms with E-state index >= 15 is 0 Å². The standard InChI is InChI=1S/C16H16BNO6S/c1-23-16(19)8-11-4-2-3-5-15(11)25(21,22)18-13-7-6-12-10-24-17(20)14(12)9-13/h2-7,9,18,20H,8,10H2,1H3. The molecule has 0 radical (unpaired) electrons. The lowest BCUT2D eigenvalue weighted by Gasteiger charge is -2.12. The van der Waals surface area contributed by atoms with Crippen molar-refractivity contribution in [2.45, 2.75) is 17.9 Å². The number of carbonyl (C=O) groups is 1. The van der Waals surface area contributed by atoms with Crippen molar-refractivity contribution in [1.82, 2.24) is 0 Å². The van der Waals surface area contributed by atoms with Gasteiger partial charge >= 0.3 is 13.1 Å². The number of ether oxygens (including phenoxy) is 1. The van der Waals surface area contributed by atoms with Crippen LogP contribution in [0.2, 0.25) is 0 Å². The first-order valence-corrected chi connectivity index (χ1v) is 8.99. The van der Waals surface area contributed by atoms with Crippen LogP contribution < -0.4 is 10.2 Å². The fourth-order valence-electron chi connectivity index (χ4n) is 2.63. The number of anilines is 1. The second-order valence-electron chi connectivity index (χ2n) is 5.54. The lowest BCUT2D eigenvalue weighted by Crippen LogP contribution is -2.28. The minimum atomic E-state index is -3.91. The zero-order valence-electron chi connectivity index (χ0n) is 13.4. The molecule has 1 aliphatic rings. The van der Waals surface area contributed by atoms with Crippen molar-refractivity contribution in [3.05, 3.63) is 53.6 Å². The molecule has 0 fully saturated rings. The highest BCUT2D eigenvalue weighted by molar-refractivity contribution is 7.92. The van der Waals surface area contributed by atoms with Crippen molar-refractivity contribution in [3.8, 4) is 0 Å². The predicted molar refractivity (Wildman–Crippen MR) is 91.8 cm³/mol. The van der Waals surface area contributed by atoms with Crippen LogP contribution in [0.3, 0.4) is 0 Å². The van der Waals surface area contributed by atoms with E-state index in [1.807, 2.05) is 0 Å². The Hall–Kier alpha value is -2.36.